The zero-order valence-electron chi connectivity index (χ0n) is 29.0. The van der Waals surface area contributed by atoms with Crippen molar-refractivity contribution in [3.05, 3.63) is 180 Å². The molecule has 0 saturated carbocycles. The first-order valence-electron chi connectivity index (χ1n) is 17.1. The molecule has 9 rings (SSSR count). The van der Waals surface area contributed by atoms with Crippen LogP contribution in [0.15, 0.2) is 158 Å². The molecular weight excluding hydrogens is 577 g/mol. The molecule has 0 spiro atoms. The average Bonchev–Trinajstić information content (AvgIpc) is 3.12. The molecule has 0 aliphatic rings. The highest BCUT2D eigenvalue weighted by Crippen LogP contribution is 2.28. The van der Waals surface area contributed by atoms with Gasteiger partial charge in [0.05, 0.1) is 0 Å². The van der Waals surface area contributed by atoms with Gasteiger partial charge >= 0.3 is 0 Å². The Morgan fingerprint density at radius 1 is 0.271 bits per heavy atom. The van der Waals surface area contributed by atoms with Gasteiger partial charge in [0, 0.05) is 0 Å². The van der Waals surface area contributed by atoms with Crippen LogP contribution in [0.2, 0.25) is 0 Å². The molecule has 0 aliphatic carbocycles. The van der Waals surface area contributed by atoms with Crippen LogP contribution in [0.3, 0.4) is 0 Å². The van der Waals surface area contributed by atoms with Crippen molar-refractivity contribution in [3.63, 3.8) is 0 Å². The van der Waals surface area contributed by atoms with Crippen molar-refractivity contribution in [3.8, 4) is 0 Å². The summed E-state index contributed by atoms with van der Waals surface area (Å²) in [5.41, 5.74) is 5.36. The average molecular weight is 621 g/mol. The van der Waals surface area contributed by atoms with Gasteiger partial charge in [-0.3, -0.25) is 0 Å². The maximum absolute atomic E-state index is 2.29. The first-order chi connectivity index (χ1) is 23.4. The number of fused-ring (bicyclic) bond motifs is 6. The van der Waals surface area contributed by atoms with Crippen LogP contribution in [-0.2, 0) is 0 Å². The Labute approximate surface area is 285 Å². The topological polar surface area (TPSA) is 0 Å². The Bertz CT molecular complexity index is 2460. The van der Waals surface area contributed by atoms with E-state index in [4.69, 9.17) is 0 Å². The molecule has 0 heteroatoms. The maximum atomic E-state index is 2.29. The second-order valence-electron chi connectivity index (χ2n) is 12.5. The predicted octanol–water partition coefficient (Wildman–Crippen LogP) is 14.2. The van der Waals surface area contributed by atoms with E-state index in [1.807, 2.05) is 13.8 Å². The summed E-state index contributed by atoms with van der Waals surface area (Å²) in [5.74, 6) is 0. The second-order valence-corrected chi connectivity index (χ2v) is 12.5. The summed E-state index contributed by atoms with van der Waals surface area (Å²) in [6.07, 6.45) is 0. The zero-order valence-corrected chi connectivity index (χ0v) is 29.0. The lowest BCUT2D eigenvalue weighted by Crippen LogP contribution is -1.81. The largest absolute Gasteiger partial charge is 0.0683 e. The van der Waals surface area contributed by atoms with E-state index in [9.17, 15) is 0 Å². The molecule has 0 aliphatic heterocycles. The summed E-state index contributed by atoms with van der Waals surface area (Å²) < 4.78 is 0. The minimum absolute atomic E-state index is 1.31. The van der Waals surface area contributed by atoms with Crippen LogP contribution in [0.25, 0.3) is 64.6 Å². The van der Waals surface area contributed by atoms with Gasteiger partial charge in [-0.1, -0.05) is 152 Å². The Hall–Kier alpha value is -5.46. The van der Waals surface area contributed by atoms with Crippen LogP contribution in [0, 0.1) is 27.7 Å². The van der Waals surface area contributed by atoms with Crippen molar-refractivity contribution in [2.24, 2.45) is 0 Å². The predicted molar refractivity (Wildman–Crippen MR) is 215 cm³/mol. The lowest BCUT2D eigenvalue weighted by atomic mass is 9.98. The van der Waals surface area contributed by atoms with Crippen molar-refractivity contribution in [2.45, 2.75) is 41.5 Å². The van der Waals surface area contributed by atoms with Gasteiger partial charge in [-0.15, -0.1) is 0 Å². The van der Waals surface area contributed by atoms with Crippen molar-refractivity contribution in [1.82, 2.24) is 0 Å². The fourth-order valence-electron chi connectivity index (χ4n) is 6.60. The Balaban J connectivity index is 0.000000122. The molecule has 0 saturated heterocycles. The summed E-state index contributed by atoms with van der Waals surface area (Å²) in [7, 11) is 0. The van der Waals surface area contributed by atoms with E-state index in [-0.39, 0.29) is 0 Å². The molecule has 236 valence electrons. The van der Waals surface area contributed by atoms with Crippen molar-refractivity contribution in [1.29, 1.82) is 0 Å². The number of hydrogen-bond acceptors (Lipinski definition) is 0. The smallest absolute Gasteiger partial charge is 0.0148 e. The fraction of sp³-hybridized carbons (Fsp3) is 0.125. The molecule has 0 bridgehead atoms. The summed E-state index contributed by atoms with van der Waals surface area (Å²) >= 11 is 0. The van der Waals surface area contributed by atoms with E-state index < -0.39 is 0 Å². The summed E-state index contributed by atoms with van der Waals surface area (Å²) in [6, 6.07) is 56.7. The highest BCUT2D eigenvalue weighted by atomic mass is 14.1. The third-order valence-corrected chi connectivity index (χ3v) is 9.11. The molecule has 9 aromatic carbocycles. The lowest BCUT2D eigenvalue weighted by Gasteiger charge is -2.06. The van der Waals surface area contributed by atoms with Crippen molar-refractivity contribution in [2.75, 3.05) is 0 Å². The van der Waals surface area contributed by atoms with Crippen LogP contribution < -0.4 is 0 Å². The molecule has 0 N–H and O–H groups in total. The number of aryl methyl sites for hydroxylation is 4. The molecular formula is C48H44. The molecule has 0 radical (unpaired) electrons. The minimum atomic E-state index is 1.31. The third kappa shape index (κ3) is 6.94. The van der Waals surface area contributed by atoms with Gasteiger partial charge in [0.25, 0.3) is 0 Å². The molecule has 0 nitrogen and oxygen atoms in total. The Morgan fingerprint density at radius 2 is 0.646 bits per heavy atom. The zero-order chi connectivity index (χ0) is 33.6. The van der Waals surface area contributed by atoms with Crippen LogP contribution in [0.4, 0.5) is 0 Å². The molecule has 0 amide bonds. The van der Waals surface area contributed by atoms with E-state index >= 15 is 0 Å². The SMILES string of the molecule is CC.Cc1c2ccccc2cc2ccccc12.Cc1ccc2cc3c(C)cccc3cc2c1.Cc1ccc2cc3ccccc3cc2c1. The quantitative estimate of drug-likeness (QED) is 0.148. The van der Waals surface area contributed by atoms with E-state index in [0.717, 1.165) is 0 Å². The Morgan fingerprint density at radius 3 is 1.21 bits per heavy atom. The third-order valence-electron chi connectivity index (χ3n) is 9.11. The molecule has 0 aromatic heterocycles. The molecule has 0 unspecified atom stereocenters. The fourth-order valence-corrected chi connectivity index (χ4v) is 6.60. The summed E-state index contributed by atoms with van der Waals surface area (Å²) in [5, 5.41) is 16.0. The van der Waals surface area contributed by atoms with Gasteiger partial charge in [-0.05, 0) is 134 Å². The van der Waals surface area contributed by atoms with Gasteiger partial charge < -0.3 is 0 Å². The molecule has 0 heterocycles. The second kappa shape index (κ2) is 14.5. The van der Waals surface area contributed by atoms with Crippen LogP contribution in [-0.4, -0.2) is 0 Å². The maximum Gasteiger partial charge on any atom is -0.0148 e. The van der Waals surface area contributed by atoms with Gasteiger partial charge in [0.2, 0.25) is 0 Å². The number of hydrogen-bond donors (Lipinski definition) is 0. The highest BCUT2D eigenvalue weighted by Gasteiger charge is 2.03. The van der Waals surface area contributed by atoms with Gasteiger partial charge in [-0.25, -0.2) is 0 Å². The molecule has 48 heavy (non-hydrogen) atoms. The highest BCUT2D eigenvalue weighted by molar-refractivity contribution is 6.02. The van der Waals surface area contributed by atoms with E-state index in [2.05, 4.69) is 185 Å². The Kier molecular flexibility index (Phi) is 9.83. The van der Waals surface area contributed by atoms with Crippen LogP contribution in [0.1, 0.15) is 36.1 Å². The lowest BCUT2D eigenvalue weighted by molar-refractivity contribution is 1.50. The monoisotopic (exact) mass is 620 g/mol. The number of benzene rings is 9. The van der Waals surface area contributed by atoms with Gasteiger partial charge in [0.1, 0.15) is 0 Å². The first kappa shape index (κ1) is 32.5. The summed E-state index contributed by atoms with van der Waals surface area (Å²) in [6.45, 7) is 12.6. The van der Waals surface area contributed by atoms with Crippen molar-refractivity contribution < 1.29 is 0 Å². The first-order valence-corrected chi connectivity index (χ1v) is 17.1. The molecule has 0 fully saturated rings. The van der Waals surface area contributed by atoms with E-state index in [0.29, 0.717) is 0 Å². The van der Waals surface area contributed by atoms with Crippen LogP contribution in [0.5, 0.6) is 0 Å². The normalized spacial score (nSPS) is 10.7. The van der Waals surface area contributed by atoms with Crippen LogP contribution >= 0.6 is 0 Å². The molecule has 9 aromatic rings. The standard InChI is InChI=1S/C16H14.2C15H12.C2H6/c1-11-6-7-13-10-16-12(2)4-3-5-14(16)9-15(13)8-11;1-11-14-8-4-2-6-12(14)10-13-7-3-5-9-15(11)13;1-11-6-7-14-9-12-4-2-3-5-13(12)10-15(14)8-11;1-2/h3-10H,1-2H3;2*2-10H,1H3;1-2H3. The summed E-state index contributed by atoms with van der Waals surface area (Å²) in [4.78, 5) is 0. The van der Waals surface area contributed by atoms with Gasteiger partial charge in [-0.2, -0.15) is 0 Å². The minimum Gasteiger partial charge on any atom is -0.0683 e. The van der Waals surface area contributed by atoms with E-state index in [1.54, 1.807) is 0 Å². The van der Waals surface area contributed by atoms with E-state index in [1.165, 1.54) is 86.9 Å². The van der Waals surface area contributed by atoms with Gasteiger partial charge in [0.15, 0.2) is 0 Å². The molecule has 0 atom stereocenters. The van der Waals surface area contributed by atoms with Crippen molar-refractivity contribution >= 4 is 64.6 Å². The number of rotatable bonds is 0.